The molecule has 4 saturated heterocycles. The first-order valence-corrected chi connectivity index (χ1v) is 25.5. The van der Waals surface area contributed by atoms with Gasteiger partial charge < -0.3 is 39.3 Å². The number of carbonyl (C=O) groups excluding carboxylic acids is 4. The second kappa shape index (κ2) is 18.6. The number of nitrogens with two attached hydrogens (primary N) is 1. The predicted molar refractivity (Wildman–Crippen MR) is 266 cm³/mol. The Hall–Kier alpha value is -6.90. The molecule has 1 aromatic carbocycles. The molecule has 3 N–H and O–H groups in total. The molecule has 0 radical (unpaired) electrons. The molecule has 380 valence electrons. The Morgan fingerprint density at radius 3 is 2.29 bits per heavy atom. The second-order valence-electron chi connectivity index (χ2n) is 21.7. The number of nitrogens with zero attached hydrogens (tertiary/aromatic N) is 12. The number of nitrogen functional groups attached to an aromatic ring is 1. The SMILES string of the molecule is CC(C)(C1CCN(C(=O)COC(=O)N2CC(Oc3cnc(-c4c(-c5nn(C(C)(C)C)c6ncnc(N)c56)noc4C4CC4)nc3)C2)CC1)N1CCN(c2cccc3c2CCCN3[C@@H]2CCC(=O)NC2=O)CC1. The number of piperazine rings is 1. The van der Waals surface area contributed by atoms with Crippen LogP contribution in [0.25, 0.3) is 33.8 Å². The normalized spacial score (nSPS) is 20.7. The lowest BCUT2D eigenvalue weighted by molar-refractivity contribution is -0.137. The van der Waals surface area contributed by atoms with E-state index < -0.39 is 11.6 Å². The molecule has 21 heteroatoms. The fourth-order valence-corrected chi connectivity index (χ4v) is 11.4. The Kier molecular flexibility index (Phi) is 12.3. The highest BCUT2D eigenvalue weighted by Crippen LogP contribution is 2.48. The zero-order valence-corrected chi connectivity index (χ0v) is 41.8. The summed E-state index contributed by atoms with van der Waals surface area (Å²) in [5, 5.41) is 12.5. The minimum Gasteiger partial charge on any atom is -0.483 e. The smallest absolute Gasteiger partial charge is 0.410 e. The molecule has 5 fully saturated rings. The Balaban J connectivity index is 0.637. The van der Waals surface area contributed by atoms with Crippen LogP contribution in [0.1, 0.15) is 96.8 Å². The van der Waals surface area contributed by atoms with Gasteiger partial charge in [-0.2, -0.15) is 5.10 Å². The maximum absolute atomic E-state index is 13.3. The molecule has 5 aromatic rings. The van der Waals surface area contributed by atoms with Gasteiger partial charge in [-0.05, 0) is 103 Å². The van der Waals surface area contributed by atoms with Crippen LogP contribution in [0.4, 0.5) is 22.0 Å². The van der Waals surface area contributed by atoms with E-state index in [0.717, 1.165) is 76.9 Å². The maximum atomic E-state index is 13.3. The number of piperidine rings is 2. The number of hydrogen-bond donors (Lipinski definition) is 2. The van der Waals surface area contributed by atoms with E-state index >= 15 is 0 Å². The number of carbonyl (C=O) groups is 4. The van der Waals surface area contributed by atoms with E-state index in [0.29, 0.717) is 90.3 Å². The van der Waals surface area contributed by atoms with Crippen LogP contribution in [0.5, 0.6) is 5.75 Å². The largest absolute Gasteiger partial charge is 0.483 e. The van der Waals surface area contributed by atoms with Crippen molar-refractivity contribution in [2.45, 2.75) is 115 Å². The maximum Gasteiger partial charge on any atom is 0.410 e. The summed E-state index contributed by atoms with van der Waals surface area (Å²) in [5.41, 5.74) is 11.8. The van der Waals surface area contributed by atoms with Crippen molar-refractivity contribution in [3.05, 3.63) is 48.2 Å². The molecule has 4 aromatic heterocycles. The van der Waals surface area contributed by atoms with Crippen LogP contribution in [-0.4, -0.2) is 157 Å². The molecular weight excluding hydrogens is 921 g/mol. The lowest BCUT2D eigenvalue weighted by atomic mass is 9.78. The van der Waals surface area contributed by atoms with E-state index in [1.807, 2.05) is 30.4 Å². The van der Waals surface area contributed by atoms with Gasteiger partial charge in [0.05, 0.1) is 42.0 Å². The van der Waals surface area contributed by atoms with Gasteiger partial charge in [-0.15, -0.1) is 0 Å². The molecule has 21 nitrogen and oxygen atoms in total. The monoisotopic (exact) mass is 985 g/mol. The van der Waals surface area contributed by atoms with Gasteiger partial charge >= 0.3 is 6.09 Å². The van der Waals surface area contributed by atoms with Gasteiger partial charge in [-0.3, -0.25) is 24.6 Å². The average Bonchev–Trinajstić information content (AvgIpc) is 3.98. The minimum atomic E-state index is -0.548. The Labute approximate surface area is 417 Å². The number of benzene rings is 1. The topological polar surface area (TPSA) is 236 Å². The summed E-state index contributed by atoms with van der Waals surface area (Å²) in [5.74, 6) is 1.87. The Bertz CT molecular complexity index is 2890. The summed E-state index contributed by atoms with van der Waals surface area (Å²) in [6.45, 7) is 16.8. The van der Waals surface area contributed by atoms with Crippen molar-refractivity contribution in [2.75, 3.05) is 81.0 Å². The third-order valence-electron chi connectivity index (χ3n) is 15.7. The second-order valence-corrected chi connectivity index (χ2v) is 21.7. The average molecular weight is 985 g/mol. The van der Waals surface area contributed by atoms with Crippen molar-refractivity contribution in [1.29, 1.82) is 0 Å². The van der Waals surface area contributed by atoms with E-state index in [1.54, 1.807) is 12.4 Å². The summed E-state index contributed by atoms with van der Waals surface area (Å²) in [6.07, 6.45) is 10.3. The summed E-state index contributed by atoms with van der Waals surface area (Å²) < 4.78 is 19.4. The van der Waals surface area contributed by atoms with Crippen molar-refractivity contribution in [1.82, 2.24) is 54.9 Å². The lowest BCUT2D eigenvalue weighted by Crippen LogP contribution is -2.59. The van der Waals surface area contributed by atoms with Crippen LogP contribution >= 0.6 is 0 Å². The zero-order valence-electron chi connectivity index (χ0n) is 41.8. The fraction of sp³-hybridized carbons (Fsp3) is 0.569. The Morgan fingerprint density at radius 1 is 0.847 bits per heavy atom. The third kappa shape index (κ3) is 8.93. The fourth-order valence-electron chi connectivity index (χ4n) is 11.4. The quantitative estimate of drug-likeness (QED) is 0.170. The number of ether oxygens (including phenoxy) is 2. The molecule has 0 bridgehead atoms. The van der Waals surface area contributed by atoms with Gasteiger partial charge in [-0.25, -0.2) is 29.4 Å². The zero-order chi connectivity index (χ0) is 50.1. The number of likely N-dealkylation sites (tertiary alicyclic amines) is 2. The molecule has 5 aliphatic heterocycles. The molecule has 4 amide bonds. The van der Waals surface area contributed by atoms with Gasteiger partial charge in [0, 0.05) is 75.1 Å². The number of fused-ring (bicyclic) bond motifs is 2. The van der Waals surface area contributed by atoms with Crippen molar-refractivity contribution in [2.24, 2.45) is 5.92 Å². The number of anilines is 3. The molecule has 9 heterocycles. The predicted octanol–water partition coefficient (Wildman–Crippen LogP) is 4.75. The van der Waals surface area contributed by atoms with Crippen LogP contribution < -0.4 is 25.6 Å². The number of hydrogen-bond acceptors (Lipinski definition) is 17. The van der Waals surface area contributed by atoms with Crippen molar-refractivity contribution >= 4 is 52.0 Å². The van der Waals surface area contributed by atoms with E-state index in [1.165, 1.54) is 22.5 Å². The first-order valence-electron chi connectivity index (χ1n) is 25.5. The van der Waals surface area contributed by atoms with Crippen molar-refractivity contribution < 1.29 is 33.2 Å². The number of aromatic nitrogens is 7. The molecule has 1 atom stereocenters. The van der Waals surface area contributed by atoms with Crippen molar-refractivity contribution in [3.63, 3.8) is 0 Å². The number of imide groups is 1. The summed E-state index contributed by atoms with van der Waals surface area (Å²) in [7, 11) is 0. The highest BCUT2D eigenvalue weighted by Gasteiger charge is 2.42. The molecule has 0 unspecified atom stereocenters. The molecular formula is C51H64N14O7. The lowest BCUT2D eigenvalue weighted by Gasteiger charge is -2.50. The standard InChI is InChI=1S/C51H64N14O7/c1-50(2,3)65-47-41(45(52)55-29-56-47)42(58-65)43-40(44(72-59-43)30-11-12-30)46-53-24-32(25-54-46)71-33-26-62(27-33)49(69)70-28-39(67)61-18-15-31(16-19-61)51(4,5)63-22-20-60(21-23-63)35-9-6-10-36-34(35)8-7-17-64(36)37-13-14-38(66)57-48(37)68/h6,9-10,24-25,29-31,33,37H,7-8,11-23,26-28H2,1-5H3,(H2,52,55,56)(H,57,66,68)/t37-/m1/s1. The summed E-state index contributed by atoms with van der Waals surface area (Å²) >= 11 is 0. The van der Waals surface area contributed by atoms with Gasteiger partial charge in [0.1, 0.15) is 35.7 Å². The first-order chi connectivity index (χ1) is 34.6. The van der Waals surface area contributed by atoms with Crippen LogP contribution in [0.3, 0.4) is 0 Å². The van der Waals surface area contributed by atoms with E-state index in [-0.39, 0.29) is 53.7 Å². The summed E-state index contributed by atoms with van der Waals surface area (Å²) in [6, 6.07) is 6.12. The summed E-state index contributed by atoms with van der Waals surface area (Å²) in [4.78, 5) is 79.8. The highest BCUT2D eigenvalue weighted by molar-refractivity contribution is 6.02. The van der Waals surface area contributed by atoms with Gasteiger partial charge in [-0.1, -0.05) is 11.2 Å². The van der Waals surface area contributed by atoms with Gasteiger partial charge in [0.2, 0.25) is 11.8 Å². The number of amides is 4. The van der Waals surface area contributed by atoms with Crippen LogP contribution in [0.2, 0.25) is 0 Å². The van der Waals surface area contributed by atoms with Gasteiger partial charge in [0.15, 0.2) is 29.6 Å². The third-order valence-corrected chi connectivity index (χ3v) is 15.7. The molecule has 72 heavy (non-hydrogen) atoms. The minimum absolute atomic E-state index is 0.0595. The van der Waals surface area contributed by atoms with E-state index in [2.05, 4.69) is 77.2 Å². The Morgan fingerprint density at radius 2 is 1.58 bits per heavy atom. The molecule has 0 spiro atoms. The molecule has 11 rings (SSSR count). The van der Waals surface area contributed by atoms with Crippen molar-refractivity contribution in [3.8, 4) is 28.5 Å². The number of rotatable bonds is 11. The van der Waals surface area contributed by atoms with Crippen LogP contribution in [0.15, 0.2) is 41.4 Å². The first kappa shape index (κ1) is 47.4. The van der Waals surface area contributed by atoms with Crippen LogP contribution in [-0.2, 0) is 31.1 Å². The van der Waals surface area contributed by atoms with Gasteiger partial charge in [0.25, 0.3) is 5.91 Å². The molecule has 1 aliphatic carbocycles. The number of nitrogens with one attached hydrogen (secondary N) is 1. The molecule has 1 saturated carbocycles. The van der Waals surface area contributed by atoms with Crippen LogP contribution in [0, 0.1) is 5.92 Å². The van der Waals surface area contributed by atoms with E-state index in [4.69, 9.17) is 24.8 Å². The highest BCUT2D eigenvalue weighted by atomic mass is 16.6. The molecule has 6 aliphatic rings. The van der Waals surface area contributed by atoms with E-state index in [9.17, 15) is 19.2 Å².